The number of halogens is 2. The third-order valence-corrected chi connectivity index (χ3v) is 9.02. The zero-order valence-electron chi connectivity index (χ0n) is 27.2. The van der Waals surface area contributed by atoms with E-state index in [0.717, 1.165) is 11.1 Å². The van der Waals surface area contributed by atoms with Gasteiger partial charge in [-0.3, -0.25) is 9.89 Å². The number of rotatable bonds is 7. The van der Waals surface area contributed by atoms with Crippen LogP contribution in [-0.4, -0.2) is 91.0 Å². The quantitative estimate of drug-likeness (QED) is 0.265. The Morgan fingerprint density at radius 3 is 2.07 bits per heavy atom. The van der Waals surface area contributed by atoms with E-state index in [2.05, 4.69) is 6.92 Å². The average molecular weight is 667 g/mol. The molecule has 3 aromatic carbocycles. The Morgan fingerprint density at radius 1 is 0.935 bits per heavy atom. The number of urea groups is 2. The van der Waals surface area contributed by atoms with Crippen molar-refractivity contribution in [2.75, 3.05) is 47.4 Å². The summed E-state index contributed by atoms with van der Waals surface area (Å²) in [6.45, 7) is 7.61. The summed E-state index contributed by atoms with van der Waals surface area (Å²) in [4.78, 5) is 40.1. The highest BCUT2D eigenvalue weighted by molar-refractivity contribution is 6.30. The van der Waals surface area contributed by atoms with Crippen molar-refractivity contribution < 1.29 is 19.1 Å². The number of methoxy groups -OCH3 is 1. The van der Waals surface area contributed by atoms with Gasteiger partial charge in [-0.15, -0.1) is 0 Å². The number of amidine groups is 1. The van der Waals surface area contributed by atoms with Crippen molar-refractivity contribution in [2.24, 2.45) is 4.99 Å². The fourth-order valence-corrected chi connectivity index (χ4v) is 6.48. The molecule has 5 rings (SSSR count). The standard InChI is InChI=1S/C35H41Cl2N5O4/c1-7-35(25-10-14-27(37)15-11-25)31(24-8-12-26(36)13-9-24)42(34(44)41-20-18-40(19-21-41)33(43)39(4)5)32(38-35)29-17-16-28(45-6)22-30(29)46-23(2)3/h8-17,22-23,31H,7,18-21H2,1-6H3/t31-,35+/m1/s1. The molecule has 0 N–H and O–H groups in total. The summed E-state index contributed by atoms with van der Waals surface area (Å²) in [5.41, 5.74) is 1.61. The predicted octanol–water partition coefficient (Wildman–Crippen LogP) is 7.32. The van der Waals surface area contributed by atoms with Crippen LogP contribution in [0.25, 0.3) is 0 Å². The van der Waals surface area contributed by atoms with Gasteiger partial charge in [0.05, 0.1) is 24.8 Å². The van der Waals surface area contributed by atoms with Crippen molar-refractivity contribution in [1.29, 1.82) is 0 Å². The molecular formula is C35H41Cl2N5O4. The van der Waals surface area contributed by atoms with Gasteiger partial charge in [0.1, 0.15) is 22.9 Å². The molecule has 244 valence electrons. The molecule has 46 heavy (non-hydrogen) atoms. The fourth-order valence-electron chi connectivity index (χ4n) is 6.23. The second-order valence-electron chi connectivity index (χ2n) is 12.0. The SMILES string of the molecule is CC[C@@]1(c2ccc(Cl)cc2)N=C(c2ccc(OC)cc2OC(C)C)N(C(=O)N2CCN(C(=O)N(C)C)CC2)[C@@H]1c1ccc(Cl)cc1. The number of carbonyl (C=O) groups excluding carboxylic acids is 2. The van der Waals surface area contributed by atoms with Crippen LogP contribution in [0.4, 0.5) is 9.59 Å². The normalized spacial score (nSPS) is 19.7. The van der Waals surface area contributed by atoms with Crippen molar-refractivity contribution in [2.45, 2.75) is 44.9 Å². The van der Waals surface area contributed by atoms with Gasteiger partial charge >= 0.3 is 12.1 Å². The molecular weight excluding hydrogens is 625 g/mol. The summed E-state index contributed by atoms with van der Waals surface area (Å²) in [6.07, 6.45) is 0.440. The monoisotopic (exact) mass is 665 g/mol. The molecule has 1 fully saturated rings. The fraction of sp³-hybridized carbons (Fsp3) is 0.400. The lowest BCUT2D eigenvalue weighted by Gasteiger charge is -2.41. The van der Waals surface area contributed by atoms with E-state index in [0.29, 0.717) is 65.5 Å². The van der Waals surface area contributed by atoms with Crippen LogP contribution in [0.5, 0.6) is 11.5 Å². The van der Waals surface area contributed by atoms with Crippen molar-refractivity contribution in [3.63, 3.8) is 0 Å². The molecule has 0 aromatic heterocycles. The van der Waals surface area contributed by atoms with E-state index in [4.69, 9.17) is 37.7 Å². The Morgan fingerprint density at radius 2 is 1.52 bits per heavy atom. The first-order valence-corrected chi connectivity index (χ1v) is 16.3. The first-order valence-electron chi connectivity index (χ1n) is 15.5. The number of hydrogen-bond donors (Lipinski definition) is 0. The van der Waals surface area contributed by atoms with E-state index in [1.807, 2.05) is 80.6 Å². The molecule has 0 saturated carbocycles. The largest absolute Gasteiger partial charge is 0.497 e. The van der Waals surface area contributed by atoms with Crippen molar-refractivity contribution >= 4 is 41.1 Å². The van der Waals surface area contributed by atoms with Crippen molar-refractivity contribution in [3.05, 3.63) is 93.5 Å². The number of amides is 4. The van der Waals surface area contributed by atoms with E-state index >= 15 is 0 Å². The second-order valence-corrected chi connectivity index (χ2v) is 12.9. The Labute approximate surface area is 281 Å². The van der Waals surface area contributed by atoms with Gasteiger partial charge in [-0.2, -0.15) is 0 Å². The smallest absolute Gasteiger partial charge is 0.326 e. The number of benzene rings is 3. The Bertz CT molecular complexity index is 1590. The third-order valence-electron chi connectivity index (χ3n) is 8.51. The minimum atomic E-state index is -0.874. The molecule has 4 amide bonds. The number of piperazine rings is 1. The molecule has 2 heterocycles. The predicted molar refractivity (Wildman–Crippen MR) is 182 cm³/mol. The molecule has 0 unspecified atom stereocenters. The van der Waals surface area contributed by atoms with Gasteiger partial charge in [-0.05, 0) is 67.8 Å². The molecule has 0 aliphatic carbocycles. The van der Waals surface area contributed by atoms with Gasteiger partial charge in [0.15, 0.2) is 0 Å². The van der Waals surface area contributed by atoms with Gasteiger partial charge in [0, 0.05) is 56.4 Å². The summed E-state index contributed by atoms with van der Waals surface area (Å²) >= 11 is 12.7. The van der Waals surface area contributed by atoms with E-state index in [1.54, 1.807) is 40.8 Å². The Kier molecular flexibility index (Phi) is 10.0. The molecule has 0 bridgehead atoms. The van der Waals surface area contributed by atoms with E-state index in [1.165, 1.54) is 0 Å². The summed E-state index contributed by atoms with van der Waals surface area (Å²) in [6, 6.07) is 20.0. The van der Waals surface area contributed by atoms with Gasteiger partial charge in [-0.25, -0.2) is 9.59 Å². The first kappa shape index (κ1) is 33.4. The highest BCUT2D eigenvalue weighted by atomic mass is 35.5. The number of ether oxygens (including phenoxy) is 2. The Balaban J connectivity index is 1.70. The molecule has 0 spiro atoms. The molecule has 0 radical (unpaired) electrons. The third kappa shape index (κ3) is 6.48. The van der Waals surface area contributed by atoms with Gasteiger partial charge in [-0.1, -0.05) is 54.4 Å². The molecule has 9 nitrogen and oxygen atoms in total. The van der Waals surface area contributed by atoms with Crippen LogP contribution in [-0.2, 0) is 5.54 Å². The maximum absolute atomic E-state index is 14.9. The summed E-state index contributed by atoms with van der Waals surface area (Å²) in [7, 11) is 5.07. The summed E-state index contributed by atoms with van der Waals surface area (Å²) in [5, 5.41) is 1.21. The second kappa shape index (κ2) is 13.8. The number of aliphatic imine (C=N–C) groups is 1. The van der Waals surface area contributed by atoms with Crippen LogP contribution in [0.15, 0.2) is 71.7 Å². The molecule has 3 aromatic rings. The lowest BCUT2D eigenvalue weighted by Crippen LogP contribution is -2.57. The molecule has 1 saturated heterocycles. The van der Waals surface area contributed by atoms with Gasteiger partial charge in [0.25, 0.3) is 0 Å². The summed E-state index contributed by atoms with van der Waals surface area (Å²) < 4.78 is 11.9. The van der Waals surface area contributed by atoms with Crippen molar-refractivity contribution in [3.8, 4) is 11.5 Å². The minimum Gasteiger partial charge on any atom is -0.497 e. The van der Waals surface area contributed by atoms with Gasteiger partial charge < -0.3 is 24.2 Å². The van der Waals surface area contributed by atoms with Crippen LogP contribution in [0, 0.1) is 0 Å². The average Bonchev–Trinajstić information content (AvgIpc) is 3.40. The number of nitrogens with zero attached hydrogens (tertiary/aromatic N) is 5. The van der Waals surface area contributed by atoms with Crippen LogP contribution in [0.2, 0.25) is 10.0 Å². The van der Waals surface area contributed by atoms with Crippen LogP contribution < -0.4 is 9.47 Å². The topological polar surface area (TPSA) is 77.9 Å². The number of hydrogen-bond acceptors (Lipinski definition) is 5. The van der Waals surface area contributed by atoms with Crippen molar-refractivity contribution in [1.82, 2.24) is 19.6 Å². The highest BCUT2D eigenvalue weighted by Crippen LogP contribution is 2.52. The summed E-state index contributed by atoms with van der Waals surface area (Å²) in [5.74, 6) is 1.68. The maximum Gasteiger partial charge on any atom is 0.326 e. The highest BCUT2D eigenvalue weighted by Gasteiger charge is 2.53. The molecule has 11 heteroatoms. The maximum atomic E-state index is 14.9. The van der Waals surface area contributed by atoms with E-state index < -0.39 is 11.6 Å². The van der Waals surface area contributed by atoms with Crippen LogP contribution in [0.3, 0.4) is 0 Å². The molecule has 2 aliphatic rings. The number of carbonyl (C=O) groups is 2. The Hall–Kier alpha value is -3.95. The zero-order valence-corrected chi connectivity index (χ0v) is 28.7. The van der Waals surface area contributed by atoms with Crippen LogP contribution >= 0.6 is 23.2 Å². The molecule has 2 aliphatic heterocycles. The van der Waals surface area contributed by atoms with E-state index in [9.17, 15) is 9.59 Å². The zero-order chi connectivity index (χ0) is 33.2. The van der Waals surface area contributed by atoms with Gasteiger partial charge in [0.2, 0.25) is 0 Å². The first-order chi connectivity index (χ1) is 22.0. The lowest BCUT2D eigenvalue weighted by molar-refractivity contribution is 0.111. The van der Waals surface area contributed by atoms with Crippen LogP contribution in [0.1, 0.15) is 49.9 Å². The minimum absolute atomic E-state index is 0.0731. The molecule has 2 atom stereocenters. The van der Waals surface area contributed by atoms with E-state index in [-0.39, 0.29) is 18.2 Å². The lowest BCUT2D eigenvalue weighted by atomic mass is 9.78.